The van der Waals surface area contributed by atoms with E-state index in [1.807, 2.05) is 0 Å². The molecule has 5 fully saturated rings. The second kappa shape index (κ2) is 35.3. The summed E-state index contributed by atoms with van der Waals surface area (Å²) in [5.41, 5.74) is 25.8. The summed E-state index contributed by atoms with van der Waals surface area (Å²) in [6.07, 6.45) is -27.3. The molecule has 128 heavy (non-hydrogen) atoms. The Kier molecular flexibility index (Phi) is 26.4. The smallest absolute Gasteiger partial charge is 0.357 e. The molecule has 4 aromatic carbocycles. The average molecular weight is 1920 g/mol. The quantitative estimate of drug-likeness (QED) is 0.0581. The zero-order valence-corrected chi connectivity index (χ0v) is 70.0. The van der Waals surface area contributed by atoms with Gasteiger partial charge in [-0.1, -0.05) is 0 Å². The number of ether oxygens (including phenoxy) is 4. The van der Waals surface area contributed by atoms with E-state index in [1.165, 1.54) is 51.3 Å². The van der Waals surface area contributed by atoms with Gasteiger partial charge in [-0.05, 0) is 106 Å². The van der Waals surface area contributed by atoms with Crippen molar-refractivity contribution < 1.29 is 145 Å². The van der Waals surface area contributed by atoms with Crippen molar-refractivity contribution in [1.29, 1.82) is 0 Å². The van der Waals surface area contributed by atoms with Crippen LogP contribution in [0.2, 0.25) is 0 Å². The van der Waals surface area contributed by atoms with E-state index >= 15 is 0 Å². The van der Waals surface area contributed by atoms with E-state index in [4.69, 9.17) is 41.9 Å². The topological polar surface area (TPSA) is 362 Å². The lowest BCUT2D eigenvalue weighted by atomic mass is 9.89. The third-order valence-corrected chi connectivity index (χ3v) is 28.6. The van der Waals surface area contributed by atoms with Crippen LogP contribution in [-0.4, -0.2) is 211 Å². The number of halogens is 21. The van der Waals surface area contributed by atoms with E-state index in [2.05, 4.69) is 20.4 Å². The fourth-order valence-corrected chi connectivity index (χ4v) is 20.5. The van der Waals surface area contributed by atoms with Crippen molar-refractivity contribution in [3.05, 3.63) is 211 Å². The predicted octanol–water partition coefficient (Wildman–Crippen LogP) is 9.35. The lowest BCUT2D eigenvalue weighted by molar-refractivity contribution is -0.269. The summed E-state index contributed by atoms with van der Waals surface area (Å²) < 4.78 is 411. The number of alkyl halides is 12. The van der Waals surface area contributed by atoms with Gasteiger partial charge in [0, 0.05) is 176 Å². The molecule has 16 atom stereocenters. The van der Waals surface area contributed by atoms with Crippen LogP contribution in [0.25, 0.3) is 0 Å². The van der Waals surface area contributed by atoms with Crippen LogP contribution in [0, 0.1) is 52.4 Å². The van der Waals surface area contributed by atoms with Crippen LogP contribution in [0.1, 0.15) is 137 Å². The van der Waals surface area contributed by atoms with Crippen molar-refractivity contribution >= 4 is 40.1 Å². The lowest BCUT2D eigenvalue weighted by Gasteiger charge is -2.44. The summed E-state index contributed by atoms with van der Waals surface area (Å²) in [5.74, 6) is -9.50. The summed E-state index contributed by atoms with van der Waals surface area (Å²) in [7, 11) is -14.4. The Labute approximate surface area is 715 Å². The molecule has 1 aliphatic carbocycles. The molecule has 0 radical (unpaired) electrons. The minimum Gasteiger partial charge on any atom is -0.357 e. The number of nitrogens with two attached hydrogens (primary N) is 4. The molecule has 12 heterocycles. The maximum absolute atomic E-state index is 14.2. The Bertz CT molecular complexity index is 5890. The number of benzene rings is 4. The first-order valence-corrected chi connectivity index (χ1v) is 45.8. The molecule has 0 bridgehead atoms. The van der Waals surface area contributed by atoms with Gasteiger partial charge in [-0.3, -0.25) is 19.6 Å². The van der Waals surface area contributed by atoms with Crippen LogP contribution in [0.3, 0.4) is 0 Å². The van der Waals surface area contributed by atoms with Crippen LogP contribution < -0.4 is 22.9 Å². The molecule has 8 N–H and O–H groups in total. The zero-order chi connectivity index (χ0) is 93.4. The molecule has 0 unspecified atom stereocenters. The number of fused-ring (bicyclic) bond motifs is 4. The summed E-state index contributed by atoms with van der Waals surface area (Å²) >= 11 is 0. The maximum Gasteiger partial charge on any atom is 0.416 e. The molecule has 8 aromatic rings. The first-order chi connectivity index (χ1) is 59.4. The zero-order valence-electron chi connectivity index (χ0n) is 66.7. The summed E-state index contributed by atoms with van der Waals surface area (Å²) in [6, 6.07) is -1.04. The molecule has 0 spiro atoms. The van der Waals surface area contributed by atoms with Gasteiger partial charge in [-0.2, -0.15) is 89.4 Å². The van der Waals surface area contributed by atoms with Crippen molar-refractivity contribution in [2.24, 2.45) is 22.9 Å². The van der Waals surface area contributed by atoms with Gasteiger partial charge < -0.3 is 41.9 Å². The Balaban J connectivity index is 0.000000138. The maximum atomic E-state index is 14.2. The third-order valence-electron chi connectivity index (χ3n) is 23.4. The van der Waals surface area contributed by atoms with Gasteiger partial charge in [0.15, 0.2) is 36.1 Å². The van der Waals surface area contributed by atoms with E-state index in [0.29, 0.717) is 63.9 Å². The first-order valence-electron chi connectivity index (χ1n) is 39.0. The molecule has 702 valence electrons. The molecule has 28 nitrogen and oxygen atoms in total. The van der Waals surface area contributed by atoms with Gasteiger partial charge >= 0.3 is 24.7 Å². The van der Waals surface area contributed by atoms with Gasteiger partial charge in [-0.25, -0.2) is 73.2 Å². The Morgan fingerprint density at radius 1 is 0.352 bits per heavy atom. The largest absolute Gasteiger partial charge is 0.416 e. The first kappa shape index (κ1) is 95.6. The standard InChI is InChI=1S/C20H21F5N4O3S.C19H21F5N4O3S.C18H18F6N4O3S.C18H19F5N4O3S/c21-11-1-4-14(22)13(5-11)18-15(26)6-17(19(32-18)20(23,24)25)28-7-10-8-29(27-16(10)9-28)33(30,31)12-2-3-12;1-2-32(29,30)28-8-10-7-27(9-15(10)26-28)16-6-14(25)17(31-18(16)19(22,23)24)12-5-11(20)3-4-13(12)21;1-32(29,30)28-6-8-5-27(7-14(8)26-28)15-4-13(25)16(31-17(15)18(22,23)24)9-2-11(20)12(21)3-10(9)19;1-31(28,29)27-7-9-6-26(8-14(9)25-27)15-5-13(24)16(30-17(15)18(21,22)23)11-4-10(19)2-3-12(11)20/h1,4-5,8,12,15,17-19H,2-3,6-7,9,26H2;3-5,8,14,16-18H,2,6-7,9,25H2,1H3;2-3,6,13,15-17H,4-5,7,25H2,1H3;2-4,7,13,15-17H,5-6,8,24H2,1H3/t15-,17+,18+,19-;14-,16+,17+,18-;2*13-,15+,16+,17-/m0000/s1. The minimum atomic E-state index is -4.87. The number of nitrogens with zero attached hydrogens (tertiary/aromatic N) is 12. The number of hydrogen-bond acceptors (Lipinski definition) is 24. The van der Waals surface area contributed by atoms with E-state index in [-0.39, 0.29) is 107 Å². The van der Waals surface area contributed by atoms with Crippen molar-refractivity contribution in [3.63, 3.8) is 0 Å². The van der Waals surface area contributed by atoms with Gasteiger partial charge in [0.2, 0.25) is 0 Å². The molecule has 53 heteroatoms. The summed E-state index contributed by atoms with van der Waals surface area (Å²) in [4.78, 5) is 5.82. The van der Waals surface area contributed by atoms with Gasteiger partial charge in [0.05, 0.1) is 46.3 Å². The van der Waals surface area contributed by atoms with Crippen LogP contribution >= 0.6 is 0 Å². The monoisotopic (exact) mass is 1920 g/mol. The highest BCUT2D eigenvalue weighted by Gasteiger charge is 2.60. The summed E-state index contributed by atoms with van der Waals surface area (Å²) in [5, 5.41) is 15.5. The average Bonchev–Trinajstić information content (AvgIpc) is 1.56. The van der Waals surface area contributed by atoms with Gasteiger partial charge in [0.25, 0.3) is 40.1 Å². The Morgan fingerprint density at radius 2 is 0.609 bits per heavy atom. The van der Waals surface area contributed by atoms with Gasteiger partial charge in [0.1, 0.15) is 65.1 Å². The molecule has 1 saturated carbocycles. The van der Waals surface area contributed by atoms with Crippen molar-refractivity contribution in [3.8, 4) is 0 Å². The van der Waals surface area contributed by atoms with Crippen LogP contribution in [-0.2, 0) is 111 Å². The molecule has 17 rings (SSSR count). The second-order valence-electron chi connectivity index (χ2n) is 32.4. The van der Waals surface area contributed by atoms with Gasteiger partial charge in [-0.15, -0.1) is 0 Å². The number of rotatable bonds is 14. The van der Waals surface area contributed by atoms with Crippen LogP contribution in [0.4, 0.5) is 92.2 Å². The highest BCUT2D eigenvalue weighted by Crippen LogP contribution is 2.49. The second-order valence-corrected chi connectivity index (χ2v) is 40.3. The SMILES string of the molecule is CCS(=O)(=O)n1cc2c(n1)CN([C@@H]1C[C@H](N)[C@@H](c3cc(F)ccc3F)O[C@@H]1C(F)(F)F)C2.CS(=O)(=O)n1cc2c(n1)CN([C@@H]1C[C@H](N)[C@@H](c3cc(F)c(F)cc3F)O[C@@H]1C(F)(F)F)C2.CS(=O)(=O)n1cc2c(n1)CN([C@@H]1C[C@H](N)[C@@H](c3cc(F)ccc3F)O[C@@H]1C(F)(F)F)C2.N[C@H]1C[C@@H](N2Cc3cn(S(=O)(=O)C4CC4)nc3C2)[C@@H](C(F)(F)F)O[C@@H]1c1cc(F)ccc1F. The van der Waals surface area contributed by atoms with Crippen molar-refractivity contribution in [1.82, 2.24) is 56.3 Å². The highest BCUT2D eigenvalue weighted by molar-refractivity contribution is 7.90. The van der Waals surface area contributed by atoms with E-state index in [1.54, 1.807) is 0 Å². The summed E-state index contributed by atoms with van der Waals surface area (Å²) in [6.45, 7) is 1.41. The van der Waals surface area contributed by atoms with Crippen molar-refractivity contribution in [2.45, 2.75) is 225 Å². The van der Waals surface area contributed by atoms with Crippen LogP contribution in [0.5, 0.6) is 0 Å². The molecular formula is C75H79F21N16O12S4. The molecule has 8 aliphatic heterocycles. The number of aromatic nitrogens is 8. The van der Waals surface area contributed by atoms with E-state index < -0.39 is 225 Å². The number of hydrogen-bond donors (Lipinski definition) is 4. The highest BCUT2D eigenvalue weighted by atomic mass is 32.2. The molecular weight excluding hydrogens is 1840 g/mol. The van der Waals surface area contributed by atoms with E-state index in [9.17, 15) is 126 Å². The van der Waals surface area contributed by atoms with E-state index in [0.717, 1.165) is 83.5 Å². The third kappa shape index (κ3) is 20.0. The van der Waals surface area contributed by atoms with Crippen molar-refractivity contribution in [2.75, 3.05) is 18.3 Å². The molecule has 4 aromatic heterocycles. The molecule has 4 saturated heterocycles. The van der Waals surface area contributed by atoms with Crippen LogP contribution in [0.15, 0.2) is 91.5 Å². The Morgan fingerprint density at radius 3 is 0.875 bits per heavy atom. The normalized spacial score (nSPS) is 27.6. The molecule has 9 aliphatic rings. The Hall–Kier alpha value is -8.43. The minimum absolute atomic E-state index is 0.00512. The fourth-order valence-electron chi connectivity index (χ4n) is 17.0. The molecule has 0 amide bonds. The fraction of sp³-hybridized carbons (Fsp3) is 0.520. The predicted molar refractivity (Wildman–Crippen MR) is 404 cm³/mol. The lowest BCUT2D eigenvalue weighted by Crippen LogP contribution is -2.58.